The van der Waals surface area contributed by atoms with Gasteiger partial charge in [-0.05, 0) is 76.9 Å². The van der Waals surface area contributed by atoms with Gasteiger partial charge in [0.2, 0.25) is 5.95 Å². The molecule has 10 nitrogen and oxygen atoms in total. The van der Waals surface area contributed by atoms with E-state index in [9.17, 15) is 14.7 Å². The van der Waals surface area contributed by atoms with Crippen LogP contribution in [0.4, 0.5) is 16.6 Å². The molecule has 3 atom stereocenters. The number of amides is 1. The van der Waals surface area contributed by atoms with Crippen LogP contribution in [0.3, 0.4) is 0 Å². The summed E-state index contributed by atoms with van der Waals surface area (Å²) in [4.78, 5) is 43.0. The molecule has 1 aromatic heterocycles. The fourth-order valence-electron chi connectivity index (χ4n) is 7.46. The minimum atomic E-state index is -0.670. The molecule has 4 aliphatic heterocycles. The van der Waals surface area contributed by atoms with E-state index in [1.807, 2.05) is 12.3 Å². The topological polar surface area (TPSA) is 102 Å². The smallest absolute Gasteiger partial charge is 0.410 e. The maximum atomic E-state index is 13.2. The molecule has 3 unspecified atom stereocenters. The standard InChI is InChI=1S/C28H42N6O4/c35-26(36)20-8-15-31(16-9-20)19-21-5-4-6-23-25(21)38-28(37)34(23)22-10-17-32(18-11-22)24-7-12-29-27(30-24)33-13-2-1-3-14-33/h7,12,20-23,25H,1-6,8-11,13-19H2,(H,35,36). The van der Waals surface area contributed by atoms with Crippen molar-refractivity contribution in [2.45, 2.75) is 82.4 Å². The molecule has 5 aliphatic rings. The first kappa shape index (κ1) is 25.6. The number of fused-ring (bicyclic) bond motifs is 1. The lowest BCUT2D eigenvalue weighted by molar-refractivity contribution is -0.143. The molecule has 38 heavy (non-hydrogen) atoms. The van der Waals surface area contributed by atoms with Crippen molar-refractivity contribution in [3.8, 4) is 0 Å². The van der Waals surface area contributed by atoms with Crippen molar-refractivity contribution in [1.29, 1.82) is 0 Å². The number of carboxylic acid groups (broad SMARTS) is 1. The number of carbonyl (C=O) groups is 2. The highest BCUT2D eigenvalue weighted by atomic mass is 16.6. The van der Waals surface area contributed by atoms with Gasteiger partial charge in [-0.15, -0.1) is 0 Å². The highest BCUT2D eigenvalue weighted by Crippen LogP contribution is 2.39. The zero-order valence-corrected chi connectivity index (χ0v) is 22.4. The van der Waals surface area contributed by atoms with Gasteiger partial charge in [-0.3, -0.25) is 9.69 Å². The summed E-state index contributed by atoms with van der Waals surface area (Å²) in [5.41, 5.74) is 0. The first-order chi connectivity index (χ1) is 18.6. The molecule has 5 heterocycles. The molecular weight excluding hydrogens is 484 g/mol. The van der Waals surface area contributed by atoms with Crippen molar-refractivity contribution >= 4 is 23.8 Å². The van der Waals surface area contributed by atoms with Gasteiger partial charge in [0, 0.05) is 50.9 Å². The quantitative estimate of drug-likeness (QED) is 0.598. The number of aromatic nitrogens is 2. The van der Waals surface area contributed by atoms with Crippen LogP contribution in [0.15, 0.2) is 12.3 Å². The molecule has 5 fully saturated rings. The van der Waals surface area contributed by atoms with Gasteiger partial charge in [0.1, 0.15) is 11.9 Å². The Balaban J connectivity index is 1.05. The summed E-state index contributed by atoms with van der Waals surface area (Å²) in [5.74, 6) is 1.28. The van der Waals surface area contributed by atoms with Crippen molar-refractivity contribution in [2.75, 3.05) is 55.6 Å². The molecule has 1 amide bonds. The number of anilines is 2. The van der Waals surface area contributed by atoms with Crippen LogP contribution >= 0.6 is 0 Å². The molecule has 1 aromatic rings. The van der Waals surface area contributed by atoms with Gasteiger partial charge in [0.05, 0.1) is 12.0 Å². The maximum Gasteiger partial charge on any atom is 0.410 e. The van der Waals surface area contributed by atoms with Crippen LogP contribution in [0.5, 0.6) is 0 Å². The molecule has 0 radical (unpaired) electrons. The van der Waals surface area contributed by atoms with E-state index in [1.165, 1.54) is 19.3 Å². The van der Waals surface area contributed by atoms with Crippen LogP contribution < -0.4 is 9.80 Å². The van der Waals surface area contributed by atoms with E-state index in [0.29, 0.717) is 18.8 Å². The second kappa shape index (κ2) is 11.2. The number of carboxylic acids is 1. The lowest BCUT2D eigenvalue weighted by Gasteiger charge is -2.42. The zero-order chi connectivity index (χ0) is 26.1. The lowest BCUT2D eigenvalue weighted by Crippen LogP contribution is -2.52. The zero-order valence-electron chi connectivity index (χ0n) is 22.4. The summed E-state index contributed by atoms with van der Waals surface area (Å²) in [6.45, 7) is 6.38. The Kier molecular flexibility index (Phi) is 7.59. The number of hydrogen-bond acceptors (Lipinski definition) is 8. The molecule has 4 saturated heterocycles. The fraction of sp³-hybridized carbons (Fsp3) is 0.786. The Hall–Kier alpha value is -2.62. The predicted molar refractivity (Wildman–Crippen MR) is 143 cm³/mol. The Morgan fingerprint density at radius 2 is 1.68 bits per heavy atom. The molecule has 1 aliphatic carbocycles. The van der Waals surface area contributed by atoms with Crippen LogP contribution in [0.1, 0.15) is 64.2 Å². The van der Waals surface area contributed by atoms with Crippen molar-refractivity contribution in [2.24, 2.45) is 11.8 Å². The lowest BCUT2D eigenvalue weighted by atomic mass is 9.81. The third-order valence-corrected chi connectivity index (χ3v) is 9.60. The highest BCUT2D eigenvalue weighted by Gasteiger charge is 2.50. The maximum absolute atomic E-state index is 13.2. The third-order valence-electron chi connectivity index (χ3n) is 9.60. The monoisotopic (exact) mass is 526 g/mol. The third kappa shape index (κ3) is 5.28. The summed E-state index contributed by atoms with van der Waals surface area (Å²) in [7, 11) is 0. The van der Waals surface area contributed by atoms with Gasteiger partial charge in [-0.2, -0.15) is 4.98 Å². The Labute approximate surface area is 225 Å². The van der Waals surface area contributed by atoms with Crippen LogP contribution in [0.25, 0.3) is 0 Å². The van der Waals surface area contributed by atoms with E-state index in [1.54, 1.807) is 0 Å². The second-order valence-corrected chi connectivity index (χ2v) is 11.9. The van der Waals surface area contributed by atoms with Crippen LogP contribution in [0, 0.1) is 11.8 Å². The Bertz CT molecular complexity index is 987. The van der Waals surface area contributed by atoms with Crippen molar-refractivity contribution in [3.05, 3.63) is 12.3 Å². The SMILES string of the molecule is O=C(O)C1CCN(CC2CCCC3C2OC(=O)N3C2CCN(c3ccnc(N4CCCCC4)n3)CC2)CC1. The summed E-state index contributed by atoms with van der Waals surface area (Å²) >= 11 is 0. The highest BCUT2D eigenvalue weighted by molar-refractivity contribution is 5.71. The van der Waals surface area contributed by atoms with Gasteiger partial charge in [0.25, 0.3) is 0 Å². The van der Waals surface area contributed by atoms with Crippen LogP contribution in [-0.4, -0.2) is 101 Å². The molecule has 208 valence electrons. The molecule has 10 heteroatoms. The number of rotatable bonds is 6. The Morgan fingerprint density at radius 3 is 2.42 bits per heavy atom. The van der Waals surface area contributed by atoms with Gasteiger partial charge in [-0.1, -0.05) is 6.42 Å². The molecule has 0 bridgehead atoms. The van der Waals surface area contributed by atoms with Crippen molar-refractivity contribution in [1.82, 2.24) is 19.8 Å². The van der Waals surface area contributed by atoms with Crippen LogP contribution in [0.2, 0.25) is 0 Å². The van der Waals surface area contributed by atoms with Gasteiger partial charge < -0.3 is 24.5 Å². The first-order valence-corrected chi connectivity index (χ1v) is 14.8. The number of aliphatic carboxylic acids is 1. The molecule has 6 rings (SSSR count). The Morgan fingerprint density at radius 1 is 0.921 bits per heavy atom. The normalized spacial score (nSPS) is 29.8. The van der Waals surface area contributed by atoms with Crippen LogP contribution in [-0.2, 0) is 9.53 Å². The van der Waals surface area contributed by atoms with E-state index in [-0.39, 0.29) is 30.2 Å². The summed E-state index contributed by atoms with van der Waals surface area (Å²) in [6, 6.07) is 2.39. The van der Waals surface area contributed by atoms with E-state index in [2.05, 4.69) is 24.6 Å². The van der Waals surface area contributed by atoms with E-state index < -0.39 is 5.97 Å². The van der Waals surface area contributed by atoms with Gasteiger partial charge >= 0.3 is 12.1 Å². The first-order valence-electron chi connectivity index (χ1n) is 14.8. The number of piperidine rings is 3. The number of carbonyl (C=O) groups excluding carboxylic acids is 1. The second-order valence-electron chi connectivity index (χ2n) is 11.9. The van der Waals surface area contributed by atoms with Crippen molar-refractivity contribution < 1.29 is 19.4 Å². The van der Waals surface area contributed by atoms with E-state index in [4.69, 9.17) is 9.72 Å². The summed E-state index contributed by atoms with van der Waals surface area (Å²) < 4.78 is 6.07. The fourth-order valence-corrected chi connectivity index (χ4v) is 7.46. The minimum Gasteiger partial charge on any atom is -0.481 e. The molecular formula is C28H42N6O4. The average molecular weight is 527 g/mol. The molecule has 0 aromatic carbocycles. The number of ether oxygens (including phenoxy) is 1. The molecule has 1 saturated carbocycles. The molecule has 1 N–H and O–H groups in total. The average Bonchev–Trinajstić information content (AvgIpc) is 3.30. The van der Waals surface area contributed by atoms with E-state index >= 15 is 0 Å². The largest absolute Gasteiger partial charge is 0.481 e. The predicted octanol–water partition coefficient (Wildman–Crippen LogP) is 3.22. The van der Waals surface area contributed by atoms with Gasteiger partial charge in [0.15, 0.2) is 0 Å². The summed E-state index contributed by atoms with van der Waals surface area (Å²) in [5, 5.41) is 9.31. The van der Waals surface area contributed by atoms with Crippen molar-refractivity contribution in [3.63, 3.8) is 0 Å². The van der Waals surface area contributed by atoms with E-state index in [0.717, 1.165) is 89.7 Å². The minimum absolute atomic E-state index is 0.0413. The summed E-state index contributed by atoms with van der Waals surface area (Å²) in [6.07, 6.45) is 11.9. The molecule has 0 spiro atoms. The van der Waals surface area contributed by atoms with Gasteiger partial charge in [-0.25, -0.2) is 9.78 Å². The number of hydrogen-bond donors (Lipinski definition) is 1. The number of nitrogens with zero attached hydrogens (tertiary/aromatic N) is 6. The number of likely N-dealkylation sites (tertiary alicyclic amines) is 1.